The van der Waals surface area contributed by atoms with Crippen LogP contribution in [-0.4, -0.2) is 131 Å². The molecule has 0 heterocycles. The van der Waals surface area contributed by atoms with E-state index in [1.807, 2.05) is 0 Å². The number of hydrogen-bond acceptors (Lipinski definition) is 12. The molecule has 0 bridgehead atoms. The molecule has 0 fully saturated rings. The van der Waals surface area contributed by atoms with E-state index in [9.17, 15) is 9.59 Å². The molecule has 0 saturated carbocycles. The highest BCUT2D eigenvalue weighted by Crippen LogP contribution is 2.13. The molecular formula is C37H70O12. The molecule has 49 heavy (non-hydrogen) atoms. The highest BCUT2D eigenvalue weighted by Gasteiger charge is 2.03. The Kier molecular flexibility index (Phi) is 41.1. The predicted octanol–water partition coefficient (Wildman–Crippen LogP) is 5.87. The lowest BCUT2D eigenvalue weighted by atomic mass is 10.0. The van der Waals surface area contributed by atoms with Crippen molar-refractivity contribution in [1.29, 1.82) is 0 Å². The summed E-state index contributed by atoms with van der Waals surface area (Å²) < 4.78 is 53.5. The van der Waals surface area contributed by atoms with Crippen LogP contribution in [0.4, 0.5) is 0 Å². The van der Waals surface area contributed by atoms with Crippen LogP contribution in [0, 0.1) is 0 Å². The maximum atomic E-state index is 11.9. The zero-order valence-corrected chi connectivity index (χ0v) is 30.8. The Morgan fingerprint density at radius 1 is 0.388 bits per heavy atom. The van der Waals surface area contributed by atoms with E-state index in [4.69, 9.17) is 47.4 Å². The molecule has 0 aliphatic rings. The summed E-state index contributed by atoms with van der Waals surface area (Å²) in [4.78, 5) is 22.7. The van der Waals surface area contributed by atoms with Crippen molar-refractivity contribution in [3.05, 3.63) is 12.7 Å². The maximum Gasteiger partial charge on any atom is 0.330 e. The Morgan fingerprint density at radius 3 is 0.959 bits per heavy atom. The lowest BCUT2D eigenvalue weighted by Crippen LogP contribution is -2.15. The van der Waals surface area contributed by atoms with Crippen LogP contribution in [0.5, 0.6) is 0 Å². The van der Waals surface area contributed by atoms with Crippen molar-refractivity contribution in [3.8, 4) is 0 Å². The van der Waals surface area contributed by atoms with Crippen molar-refractivity contribution in [2.24, 2.45) is 0 Å². The van der Waals surface area contributed by atoms with Gasteiger partial charge < -0.3 is 47.4 Å². The molecular weight excluding hydrogens is 636 g/mol. The molecule has 290 valence electrons. The van der Waals surface area contributed by atoms with Gasteiger partial charge in [0.2, 0.25) is 0 Å². The number of carbonyl (C=O) groups is 2. The minimum Gasteiger partial charge on any atom is -0.463 e. The average Bonchev–Trinajstić information content (AvgIpc) is 3.11. The van der Waals surface area contributed by atoms with Crippen molar-refractivity contribution in [2.75, 3.05) is 119 Å². The minimum absolute atomic E-state index is 0.136. The quantitative estimate of drug-likeness (QED) is 0.0428. The molecule has 0 unspecified atom stereocenters. The Balaban J connectivity index is 3.14. The van der Waals surface area contributed by atoms with Gasteiger partial charge in [0.25, 0.3) is 0 Å². The van der Waals surface area contributed by atoms with Crippen LogP contribution in [0.2, 0.25) is 0 Å². The fourth-order valence-corrected chi connectivity index (χ4v) is 4.48. The maximum absolute atomic E-state index is 11.9. The van der Waals surface area contributed by atoms with Gasteiger partial charge in [0.1, 0.15) is 13.2 Å². The minimum atomic E-state index is -0.459. The molecule has 0 rings (SSSR count). The SMILES string of the molecule is C=CC(=O)OCCOCCOCCOCCOCCOCCOCCOCCOCCOC(=O)CCCCCCCCCCCCCCC. The molecule has 0 spiro atoms. The largest absolute Gasteiger partial charge is 0.463 e. The Labute approximate surface area is 297 Å². The van der Waals surface area contributed by atoms with E-state index in [0.29, 0.717) is 112 Å². The summed E-state index contributed by atoms with van der Waals surface area (Å²) in [7, 11) is 0. The number of rotatable bonds is 42. The molecule has 0 aliphatic heterocycles. The third-order valence-corrected chi connectivity index (χ3v) is 7.22. The average molecular weight is 707 g/mol. The molecule has 0 aromatic carbocycles. The third kappa shape index (κ3) is 42.4. The molecule has 0 amide bonds. The zero-order chi connectivity index (χ0) is 35.6. The number of hydrogen-bond donors (Lipinski definition) is 0. The predicted molar refractivity (Wildman–Crippen MR) is 189 cm³/mol. The summed E-state index contributed by atoms with van der Waals surface area (Å²) in [5.74, 6) is -0.595. The molecule has 0 aromatic heterocycles. The summed E-state index contributed by atoms with van der Waals surface area (Å²) in [5, 5.41) is 0. The van der Waals surface area contributed by atoms with Crippen LogP contribution in [0.15, 0.2) is 12.7 Å². The first kappa shape index (κ1) is 47.4. The molecule has 12 heteroatoms. The topological polar surface area (TPSA) is 126 Å². The van der Waals surface area contributed by atoms with Gasteiger partial charge in [-0.15, -0.1) is 0 Å². The molecule has 0 aromatic rings. The van der Waals surface area contributed by atoms with Crippen molar-refractivity contribution in [2.45, 2.75) is 96.8 Å². The summed E-state index contributed by atoms with van der Waals surface area (Å²) in [6.07, 6.45) is 18.4. The van der Waals surface area contributed by atoms with E-state index in [1.54, 1.807) is 0 Å². The fraction of sp³-hybridized carbons (Fsp3) is 0.892. The molecule has 0 atom stereocenters. The first-order chi connectivity index (χ1) is 24.2. The van der Waals surface area contributed by atoms with Gasteiger partial charge >= 0.3 is 11.9 Å². The van der Waals surface area contributed by atoms with Crippen molar-refractivity contribution >= 4 is 11.9 Å². The van der Waals surface area contributed by atoms with Gasteiger partial charge in [0.05, 0.1) is 106 Å². The van der Waals surface area contributed by atoms with E-state index < -0.39 is 5.97 Å². The monoisotopic (exact) mass is 706 g/mol. The van der Waals surface area contributed by atoms with E-state index in [0.717, 1.165) is 18.9 Å². The van der Waals surface area contributed by atoms with Crippen LogP contribution >= 0.6 is 0 Å². The molecule has 0 aliphatic carbocycles. The summed E-state index contributed by atoms with van der Waals surface area (Å²) in [6, 6.07) is 0. The van der Waals surface area contributed by atoms with Gasteiger partial charge in [-0.05, 0) is 6.42 Å². The van der Waals surface area contributed by atoms with Crippen LogP contribution in [-0.2, 0) is 57.0 Å². The lowest BCUT2D eigenvalue weighted by Gasteiger charge is -2.09. The Hall–Kier alpha value is -1.64. The molecule has 0 radical (unpaired) electrons. The van der Waals surface area contributed by atoms with Gasteiger partial charge in [0, 0.05) is 12.5 Å². The molecule has 0 saturated heterocycles. The smallest absolute Gasteiger partial charge is 0.330 e. The van der Waals surface area contributed by atoms with Crippen molar-refractivity contribution in [1.82, 2.24) is 0 Å². The van der Waals surface area contributed by atoms with Crippen LogP contribution < -0.4 is 0 Å². The Morgan fingerprint density at radius 2 is 0.653 bits per heavy atom. The van der Waals surface area contributed by atoms with Crippen molar-refractivity contribution in [3.63, 3.8) is 0 Å². The van der Waals surface area contributed by atoms with E-state index >= 15 is 0 Å². The van der Waals surface area contributed by atoms with Gasteiger partial charge in [-0.2, -0.15) is 0 Å². The highest BCUT2D eigenvalue weighted by atomic mass is 16.6. The molecule has 12 nitrogen and oxygen atoms in total. The van der Waals surface area contributed by atoms with Gasteiger partial charge in [-0.1, -0.05) is 90.6 Å². The number of carbonyl (C=O) groups excluding carboxylic acids is 2. The second-order valence-corrected chi connectivity index (χ2v) is 11.5. The lowest BCUT2D eigenvalue weighted by molar-refractivity contribution is -0.145. The molecule has 0 N–H and O–H groups in total. The summed E-state index contributed by atoms with van der Waals surface area (Å²) in [6.45, 7) is 13.4. The van der Waals surface area contributed by atoms with Crippen LogP contribution in [0.25, 0.3) is 0 Å². The van der Waals surface area contributed by atoms with Gasteiger partial charge in [-0.25, -0.2) is 4.79 Å². The van der Waals surface area contributed by atoms with Crippen LogP contribution in [0.1, 0.15) is 96.8 Å². The van der Waals surface area contributed by atoms with E-state index in [-0.39, 0.29) is 19.2 Å². The number of ether oxygens (including phenoxy) is 10. The standard InChI is InChI=1S/C37H70O12/c1-3-5-6-7-8-9-10-11-12-13-14-15-16-17-37(39)49-35-33-47-31-29-45-27-25-43-23-21-41-19-18-40-20-22-42-24-26-44-28-30-46-32-34-48-36(38)4-2/h4H,2-3,5-35H2,1H3. The second-order valence-electron chi connectivity index (χ2n) is 11.5. The van der Waals surface area contributed by atoms with Crippen molar-refractivity contribution < 1.29 is 57.0 Å². The third-order valence-electron chi connectivity index (χ3n) is 7.22. The number of unbranched alkanes of at least 4 members (excludes halogenated alkanes) is 12. The Bertz CT molecular complexity index is 694. The first-order valence-corrected chi connectivity index (χ1v) is 18.8. The zero-order valence-electron chi connectivity index (χ0n) is 30.8. The summed E-state index contributed by atoms with van der Waals surface area (Å²) >= 11 is 0. The van der Waals surface area contributed by atoms with E-state index in [1.165, 1.54) is 70.6 Å². The van der Waals surface area contributed by atoms with Crippen LogP contribution in [0.3, 0.4) is 0 Å². The second kappa shape index (κ2) is 42.5. The van der Waals surface area contributed by atoms with Gasteiger partial charge in [-0.3, -0.25) is 4.79 Å². The number of esters is 2. The first-order valence-electron chi connectivity index (χ1n) is 18.8. The summed E-state index contributed by atoms with van der Waals surface area (Å²) in [5.41, 5.74) is 0. The fourth-order valence-electron chi connectivity index (χ4n) is 4.48. The normalized spacial score (nSPS) is 11.2. The van der Waals surface area contributed by atoms with Gasteiger partial charge in [0.15, 0.2) is 0 Å². The van der Waals surface area contributed by atoms with E-state index in [2.05, 4.69) is 13.5 Å². The highest BCUT2D eigenvalue weighted by molar-refractivity contribution is 5.81.